The fraction of sp³-hybridized carbons (Fsp3) is 0.375. The van der Waals surface area contributed by atoms with E-state index in [2.05, 4.69) is 18.7 Å². The van der Waals surface area contributed by atoms with Gasteiger partial charge in [-0.2, -0.15) is 0 Å². The van der Waals surface area contributed by atoms with E-state index in [1.165, 1.54) is 0 Å². The van der Waals surface area contributed by atoms with Gasteiger partial charge in [0.2, 0.25) is 0 Å². The monoisotopic (exact) mass is 394 g/mol. The van der Waals surface area contributed by atoms with Gasteiger partial charge in [0.1, 0.15) is 19.0 Å². The van der Waals surface area contributed by atoms with Crippen molar-refractivity contribution in [2.24, 2.45) is 7.05 Å². The van der Waals surface area contributed by atoms with Crippen molar-refractivity contribution in [2.45, 2.75) is 27.4 Å². The van der Waals surface area contributed by atoms with Gasteiger partial charge in [-0.3, -0.25) is 0 Å². The largest absolute Gasteiger partial charge is 0.492 e. The minimum absolute atomic E-state index is 0.259. The topological polar surface area (TPSA) is 43.7 Å². The van der Waals surface area contributed by atoms with Crippen molar-refractivity contribution < 1.29 is 14.3 Å². The maximum Gasteiger partial charge on any atom is 0.340 e. The zero-order valence-electron chi connectivity index (χ0n) is 17.8. The van der Waals surface area contributed by atoms with Gasteiger partial charge < -0.3 is 18.9 Å². The number of rotatable bonds is 9. The number of hydrogen-bond donors (Lipinski definition) is 0. The third-order valence-corrected chi connectivity index (χ3v) is 5.45. The summed E-state index contributed by atoms with van der Waals surface area (Å²) >= 11 is 0. The number of aryl methyl sites for hydroxylation is 1. The van der Waals surface area contributed by atoms with Crippen LogP contribution >= 0.6 is 0 Å². The maximum atomic E-state index is 12.9. The first-order valence-electron chi connectivity index (χ1n) is 10.2. The molecular weight excluding hydrogens is 364 g/mol. The van der Waals surface area contributed by atoms with Gasteiger partial charge in [0, 0.05) is 30.2 Å². The van der Waals surface area contributed by atoms with Crippen LogP contribution in [0.4, 0.5) is 0 Å². The molecule has 0 N–H and O–H groups in total. The minimum Gasteiger partial charge on any atom is -0.492 e. The van der Waals surface area contributed by atoms with Crippen LogP contribution < -0.4 is 4.74 Å². The van der Waals surface area contributed by atoms with Crippen molar-refractivity contribution >= 4 is 16.9 Å². The van der Waals surface area contributed by atoms with E-state index in [0.29, 0.717) is 12.2 Å². The fourth-order valence-electron chi connectivity index (χ4n) is 3.53. The number of esters is 1. The molecule has 0 unspecified atom stereocenters. The lowest BCUT2D eigenvalue weighted by atomic mass is 10.1. The molecule has 29 heavy (non-hydrogen) atoms. The van der Waals surface area contributed by atoms with Crippen molar-refractivity contribution in [3.8, 4) is 5.75 Å². The Morgan fingerprint density at radius 2 is 1.79 bits per heavy atom. The van der Waals surface area contributed by atoms with E-state index in [-0.39, 0.29) is 12.6 Å². The molecule has 0 aliphatic heterocycles. The fourth-order valence-corrected chi connectivity index (χ4v) is 3.53. The summed E-state index contributed by atoms with van der Waals surface area (Å²) in [4.78, 5) is 15.2. The van der Waals surface area contributed by atoms with Crippen LogP contribution in [0.1, 0.15) is 35.5 Å². The Balaban J connectivity index is 1.78. The average Bonchev–Trinajstić information content (AvgIpc) is 3.00. The molecule has 1 aromatic heterocycles. The molecule has 0 bridgehead atoms. The van der Waals surface area contributed by atoms with Crippen LogP contribution in [0.5, 0.6) is 5.75 Å². The first kappa shape index (κ1) is 20.9. The zero-order chi connectivity index (χ0) is 20.8. The summed E-state index contributed by atoms with van der Waals surface area (Å²) in [6.45, 7) is 10.0. The highest BCUT2D eigenvalue weighted by Gasteiger charge is 2.20. The second kappa shape index (κ2) is 9.61. The summed E-state index contributed by atoms with van der Waals surface area (Å²) in [6, 6.07) is 15.6. The molecular formula is C24H30N2O3. The Morgan fingerprint density at radius 1 is 1.07 bits per heavy atom. The summed E-state index contributed by atoms with van der Waals surface area (Å²) in [5, 5.41) is 0.864. The minimum atomic E-state index is -0.308. The molecule has 0 amide bonds. The molecule has 0 aliphatic carbocycles. The smallest absolute Gasteiger partial charge is 0.340 e. The Labute approximate surface area is 172 Å². The van der Waals surface area contributed by atoms with Crippen LogP contribution in [0.25, 0.3) is 10.9 Å². The number of benzene rings is 2. The average molecular weight is 395 g/mol. The molecule has 5 nitrogen and oxygen atoms in total. The third-order valence-electron chi connectivity index (χ3n) is 5.45. The number of nitrogens with zero attached hydrogens (tertiary/aromatic N) is 2. The van der Waals surface area contributed by atoms with Crippen molar-refractivity contribution in [1.29, 1.82) is 0 Å². The molecule has 2 aromatic carbocycles. The van der Waals surface area contributed by atoms with Gasteiger partial charge in [-0.05, 0) is 43.8 Å². The Morgan fingerprint density at radius 3 is 2.48 bits per heavy atom. The third kappa shape index (κ3) is 4.80. The van der Waals surface area contributed by atoms with E-state index in [1.807, 2.05) is 67.1 Å². The van der Waals surface area contributed by atoms with Crippen LogP contribution in [-0.4, -0.2) is 41.7 Å². The Hall–Kier alpha value is -2.79. The van der Waals surface area contributed by atoms with Gasteiger partial charge in [0.25, 0.3) is 0 Å². The number of likely N-dealkylation sites (N-methyl/N-ethyl adjacent to an activating group) is 1. The molecule has 5 heteroatoms. The van der Waals surface area contributed by atoms with Crippen molar-refractivity contribution in [3.05, 3.63) is 65.4 Å². The molecule has 0 spiro atoms. The predicted octanol–water partition coefficient (Wildman–Crippen LogP) is 4.56. The molecule has 3 aromatic rings. The van der Waals surface area contributed by atoms with E-state index < -0.39 is 0 Å². The first-order valence-corrected chi connectivity index (χ1v) is 10.2. The number of ether oxygens (including phenoxy) is 2. The van der Waals surface area contributed by atoms with Gasteiger partial charge in [-0.15, -0.1) is 0 Å². The lowest BCUT2D eigenvalue weighted by Gasteiger charge is -2.18. The maximum absolute atomic E-state index is 12.9. The molecule has 3 rings (SSSR count). The lowest BCUT2D eigenvalue weighted by Crippen LogP contribution is -2.27. The Bertz CT molecular complexity index is 959. The van der Waals surface area contributed by atoms with Crippen LogP contribution in [0.3, 0.4) is 0 Å². The SMILES string of the molecule is CCN(CC)CCOc1ccc2c(c1)c(C(=O)OCc1ccccc1)c(C)n2C. The van der Waals surface area contributed by atoms with Crippen LogP contribution in [0.15, 0.2) is 48.5 Å². The lowest BCUT2D eigenvalue weighted by molar-refractivity contribution is 0.0474. The summed E-state index contributed by atoms with van der Waals surface area (Å²) < 4.78 is 13.6. The number of aromatic nitrogens is 1. The summed E-state index contributed by atoms with van der Waals surface area (Å²) in [5.74, 6) is 0.463. The van der Waals surface area contributed by atoms with Crippen LogP contribution in [-0.2, 0) is 18.4 Å². The molecule has 154 valence electrons. The Kier molecular flexibility index (Phi) is 6.94. The molecule has 0 aliphatic rings. The van der Waals surface area contributed by atoms with Crippen molar-refractivity contribution in [3.63, 3.8) is 0 Å². The van der Waals surface area contributed by atoms with E-state index in [1.54, 1.807) is 0 Å². The van der Waals surface area contributed by atoms with Gasteiger partial charge >= 0.3 is 5.97 Å². The van der Waals surface area contributed by atoms with Crippen molar-refractivity contribution in [1.82, 2.24) is 9.47 Å². The number of carbonyl (C=O) groups excluding carboxylic acids is 1. The number of hydrogen-bond acceptors (Lipinski definition) is 4. The second-order valence-corrected chi connectivity index (χ2v) is 7.14. The van der Waals surface area contributed by atoms with E-state index in [0.717, 1.165) is 47.5 Å². The molecule has 0 atom stereocenters. The quantitative estimate of drug-likeness (QED) is 0.499. The van der Waals surface area contributed by atoms with Crippen molar-refractivity contribution in [2.75, 3.05) is 26.2 Å². The molecule has 0 radical (unpaired) electrons. The molecule has 0 saturated carbocycles. The van der Waals surface area contributed by atoms with Crippen LogP contribution in [0.2, 0.25) is 0 Å². The highest BCUT2D eigenvalue weighted by molar-refractivity contribution is 6.06. The first-order chi connectivity index (χ1) is 14.0. The zero-order valence-corrected chi connectivity index (χ0v) is 17.8. The van der Waals surface area contributed by atoms with Gasteiger partial charge in [0.05, 0.1) is 5.56 Å². The van der Waals surface area contributed by atoms with Gasteiger partial charge in [0.15, 0.2) is 0 Å². The summed E-state index contributed by atoms with van der Waals surface area (Å²) in [7, 11) is 1.96. The number of fused-ring (bicyclic) bond motifs is 1. The molecule has 1 heterocycles. The standard InChI is InChI=1S/C24H30N2O3/c1-5-26(6-2)14-15-28-20-12-13-22-21(16-20)23(18(3)25(22)4)24(27)29-17-19-10-8-7-9-11-19/h7-13,16H,5-6,14-15,17H2,1-4H3. The second-order valence-electron chi connectivity index (χ2n) is 7.14. The highest BCUT2D eigenvalue weighted by atomic mass is 16.5. The van der Waals surface area contributed by atoms with Gasteiger partial charge in [-0.25, -0.2) is 4.79 Å². The van der Waals surface area contributed by atoms with E-state index >= 15 is 0 Å². The van der Waals surface area contributed by atoms with Crippen LogP contribution in [0, 0.1) is 6.92 Å². The van der Waals surface area contributed by atoms with E-state index in [4.69, 9.17) is 9.47 Å². The van der Waals surface area contributed by atoms with E-state index in [9.17, 15) is 4.79 Å². The normalized spacial score (nSPS) is 11.2. The molecule has 0 fully saturated rings. The highest BCUT2D eigenvalue weighted by Crippen LogP contribution is 2.29. The predicted molar refractivity (Wildman–Crippen MR) is 117 cm³/mol. The summed E-state index contributed by atoms with van der Waals surface area (Å²) in [5.41, 5.74) is 3.45. The summed E-state index contributed by atoms with van der Waals surface area (Å²) in [6.07, 6.45) is 0. The number of carbonyl (C=O) groups is 1. The molecule has 0 saturated heterocycles. The van der Waals surface area contributed by atoms with Gasteiger partial charge in [-0.1, -0.05) is 44.2 Å².